The van der Waals surface area contributed by atoms with E-state index in [1.807, 2.05) is 0 Å². The molecule has 4 rings (SSSR count). The summed E-state index contributed by atoms with van der Waals surface area (Å²) < 4.78 is 39.4. The molecular weight excluding hydrogens is 399 g/mol. The van der Waals surface area contributed by atoms with Crippen molar-refractivity contribution in [3.8, 4) is 0 Å². The fourth-order valence-electron chi connectivity index (χ4n) is 2.87. The summed E-state index contributed by atoms with van der Waals surface area (Å²) in [4.78, 5) is 30.5. The molecule has 2 N–H and O–H groups in total. The Balaban J connectivity index is 1.43. The average molecular weight is 413 g/mol. The number of carbonyl (C=O) groups is 1. The first-order chi connectivity index (χ1) is 14.3. The van der Waals surface area contributed by atoms with Crippen molar-refractivity contribution >= 4 is 22.6 Å². The zero-order valence-corrected chi connectivity index (χ0v) is 15.3. The molecule has 0 saturated carbocycles. The number of hydrogen-bond acceptors (Lipinski definition) is 4. The summed E-state index contributed by atoms with van der Waals surface area (Å²) in [6.07, 6.45) is -1.56. The number of hydrogen-bond donors (Lipinski definition) is 2. The van der Waals surface area contributed by atoms with Crippen LogP contribution >= 0.6 is 0 Å². The molecule has 2 aromatic carbocycles. The quantitative estimate of drug-likeness (QED) is 0.536. The molecule has 0 atom stereocenters. The van der Waals surface area contributed by atoms with Crippen molar-refractivity contribution in [1.82, 2.24) is 19.7 Å². The van der Waals surface area contributed by atoms with Crippen LogP contribution in [0.1, 0.15) is 21.5 Å². The third kappa shape index (κ3) is 4.07. The van der Waals surface area contributed by atoms with Crippen LogP contribution in [0, 0.1) is 0 Å². The van der Waals surface area contributed by atoms with Gasteiger partial charge in [-0.3, -0.25) is 14.3 Å². The third-order valence-electron chi connectivity index (χ3n) is 4.40. The van der Waals surface area contributed by atoms with E-state index in [0.29, 0.717) is 23.3 Å². The van der Waals surface area contributed by atoms with Crippen LogP contribution in [0.2, 0.25) is 0 Å². The summed E-state index contributed by atoms with van der Waals surface area (Å²) >= 11 is 0. The Morgan fingerprint density at radius 1 is 1.07 bits per heavy atom. The molecule has 0 fully saturated rings. The number of rotatable bonds is 4. The van der Waals surface area contributed by atoms with Gasteiger partial charge in [0.2, 0.25) is 0 Å². The first-order valence-electron chi connectivity index (χ1n) is 8.78. The zero-order valence-electron chi connectivity index (χ0n) is 15.3. The molecule has 0 bridgehead atoms. The molecule has 0 spiro atoms. The Morgan fingerprint density at radius 2 is 1.77 bits per heavy atom. The lowest BCUT2D eigenvalue weighted by Crippen LogP contribution is -2.13. The van der Waals surface area contributed by atoms with Crippen LogP contribution in [0.5, 0.6) is 0 Å². The maximum Gasteiger partial charge on any atom is 0.416 e. The van der Waals surface area contributed by atoms with Crippen LogP contribution in [0.15, 0.2) is 65.8 Å². The van der Waals surface area contributed by atoms with E-state index >= 15 is 0 Å². The largest absolute Gasteiger partial charge is 0.416 e. The molecule has 2 aromatic heterocycles. The van der Waals surface area contributed by atoms with Gasteiger partial charge < -0.3 is 10.3 Å². The van der Waals surface area contributed by atoms with Crippen LogP contribution in [-0.4, -0.2) is 25.7 Å². The van der Waals surface area contributed by atoms with E-state index in [1.165, 1.54) is 6.33 Å². The van der Waals surface area contributed by atoms with Gasteiger partial charge in [0, 0.05) is 17.4 Å². The van der Waals surface area contributed by atoms with E-state index in [-0.39, 0.29) is 11.1 Å². The monoisotopic (exact) mass is 413 g/mol. The third-order valence-corrected chi connectivity index (χ3v) is 4.40. The molecule has 0 saturated heterocycles. The zero-order chi connectivity index (χ0) is 21.3. The van der Waals surface area contributed by atoms with Gasteiger partial charge in [-0.15, -0.1) is 0 Å². The smallest absolute Gasteiger partial charge is 0.322 e. The van der Waals surface area contributed by atoms with Crippen LogP contribution in [0.4, 0.5) is 18.9 Å². The first-order valence-corrected chi connectivity index (χ1v) is 8.78. The maximum absolute atomic E-state index is 12.6. The second-order valence-electron chi connectivity index (χ2n) is 6.52. The molecule has 2 heterocycles. The van der Waals surface area contributed by atoms with E-state index in [2.05, 4.69) is 20.4 Å². The molecule has 1 amide bonds. The highest BCUT2D eigenvalue weighted by molar-refractivity contribution is 6.04. The minimum absolute atomic E-state index is 0.119. The number of H-pyrrole nitrogens is 1. The molecule has 7 nitrogen and oxygen atoms in total. The molecule has 10 heteroatoms. The number of nitrogens with zero attached hydrogens (tertiary/aromatic N) is 3. The Bertz CT molecular complexity index is 1260. The molecule has 4 aromatic rings. The Morgan fingerprint density at radius 3 is 2.40 bits per heavy atom. The number of halogens is 3. The van der Waals surface area contributed by atoms with E-state index in [0.717, 1.165) is 29.8 Å². The summed E-state index contributed by atoms with van der Waals surface area (Å²) in [7, 11) is 0. The SMILES string of the molecule is O=C(Nc1ccc(Cn2cc3c(=O)[nH]cnc3n2)cc1)c1ccc(C(F)(F)F)cc1. The number of aromatic amines is 1. The number of amides is 1. The van der Waals surface area contributed by atoms with Gasteiger partial charge in [-0.2, -0.15) is 18.3 Å². The summed E-state index contributed by atoms with van der Waals surface area (Å²) in [5.41, 5.74) is 0.741. The van der Waals surface area contributed by atoms with Crippen LogP contribution < -0.4 is 10.9 Å². The lowest BCUT2D eigenvalue weighted by molar-refractivity contribution is -0.137. The molecule has 0 aliphatic carbocycles. The average Bonchev–Trinajstić information content (AvgIpc) is 3.13. The molecule has 0 aliphatic heterocycles. The Labute approximate surface area is 167 Å². The standard InChI is InChI=1S/C20H14F3N5O2/c21-20(22,23)14-5-3-13(4-6-14)18(29)26-15-7-1-12(2-8-15)9-28-10-16-17(27-28)24-11-25-19(16)30/h1-8,10-11H,9H2,(H,26,29)(H,24,25,27,30). The summed E-state index contributed by atoms with van der Waals surface area (Å²) in [6, 6.07) is 10.9. The lowest BCUT2D eigenvalue weighted by Gasteiger charge is -2.09. The van der Waals surface area contributed by atoms with Crippen molar-refractivity contribution in [2.24, 2.45) is 0 Å². The van der Waals surface area contributed by atoms with Gasteiger partial charge in [0.15, 0.2) is 5.65 Å². The second kappa shape index (κ2) is 7.47. The number of fused-ring (bicyclic) bond motifs is 1. The number of benzene rings is 2. The molecule has 30 heavy (non-hydrogen) atoms. The maximum atomic E-state index is 12.6. The van der Waals surface area contributed by atoms with E-state index < -0.39 is 17.6 Å². The van der Waals surface area contributed by atoms with Crippen molar-refractivity contribution in [3.63, 3.8) is 0 Å². The van der Waals surface area contributed by atoms with Crippen LogP contribution in [0.25, 0.3) is 11.0 Å². The normalized spacial score (nSPS) is 11.6. The van der Waals surface area contributed by atoms with Crippen molar-refractivity contribution in [2.45, 2.75) is 12.7 Å². The van der Waals surface area contributed by atoms with Crippen LogP contribution in [-0.2, 0) is 12.7 Å². The fraction of sp³-hybridized carbons (Fsp3) is 0.100. The number of anilines is 1. The van der Waals surface area contributed by atoms with Gasteiger partial charge in [0.1, 0.15) is 5.39 Å². The Hall–Kier alpha value is -3.95. The minimum atomic E-state index is -4.45. The first kappa shape index (κ1) is 19.4. The number of nitrogens with one attached hydrogen (secondary N) is 2. The molecule has 0 aliphatic rings. The van der Waals surface area contributed by atoms with Gasteiger partial charge in [-0.05, 0) is 42.0 Å². The van der Waals surface area contributed by atoms with Gasteiger partial charge in [0.05, 0.1) is 18.4 Å². The summed E-state index contributed by atoms with van der Waals surface area (Å²) in [5.74, 6) is -0.514. The second-order valence-corrected chi connectivity index (χ2v) is 6.52. The van der Waals surface area contributed by atoms with E-state index in [4.69, 9.17) is 0 Å². The lowest BCUT2D eigenvalue weighted by atomic mass is 10.1. The van der Waals surface area contributed by atoms with Crippen molar-refractivity contribution in [3.05, 3.63) is 88.1 Å². The van der Waals surface area contributed by atoms with Gasteiger partial charge in [0.25, 0.3) is 11.5 Å². The van der Waals surface area contributed by atoms with Gasteiger partial charge >= 0.3 is 6.18 Å². The summed E-state index contributed by atoms with van der Waals surface area (Å²) in [6.45, 7) is 0.392. The van der Waals surface area contributed by atoms with E-state index in [1.54, 1.807) is 35.1 Å². The molecule has 152 valence electrons. The van der Waals surface area contributed by atoms with Crippen LogP contribution in [0.3, 0.4) is 0 Å². The highest BCUT2D eigenvalue weighted by Crippen LogP contribution is 2.29. The molecule has 0 unspecified atom stereocenters. The highest BCUT2D eigenvalue weighted by Gasteiger charge is 2.30. The predicted molar refractivity (Wildman–Crippen MR) is 103 cm³/mol. The van der Waals surface area contributed by atoms with Gasteiger partial charge in [-0.25, -0.2) is 4.98 Å². The van der Waals surface area contributed by atoms with Crippen molar-refractivity contribution < 1.29 is 18.0 Å². The topological polar surface area (TPSA) is 92.7 Å². The van der Waals surface area contributed by atoms with Crippen molar-refractivity contribution in [2.75, 3.05) is 5.32 Å². The minimum Gasteiger partial charge on any atom is -0.322 e. The predicted octanol–water partition coefficient (Wildman–Crippen LogP) is 3.44. The number of alkyl halides is 3. The van der Waals surface area contributed by atoms with Gasteiger partial charge in [-0.1, -0.05) is 12.1 Å². The van der Waals surface area contributed by atoms with E-state index in [9.17, 15) is 22.8 Å². The number of carbonyl (C=O) groups excluding carboxylic acids is 1. The summed E-state index contributed by atoms with van der Waals surface area (Å²) in [5, 5.41) is 7.26. The number of aromatic nitrogens is 4. The molecule has 0 radical (unpaired) electrons. The van der Waals surface area contributed by atoms with Crippen molar-refractivity contribution in [1.29, 1.82) is 0 Å². The Kier molecular flexibility index (Phi) is 4.82. The molecular formula is C20H14F3N5O2. The highest BCUT2D eigenvalue weighted by atomic mass is 19.4. The fourth-order valence-corrected chi connectivity index (χ4v) is 2.87.